The summed E-state index contributed by atoms with van der Waals surface area (Å²) in [6, 6.07) is 6.71. The Morgan fingerprint density at radius 2 is 2.35 bits per heavy atom. The molecule has 1 fully saturated rings. The molecule has 2 unspecified atom stereocenters. The quantitative estimate of drug-likeness (QED) is 0.889. The summed E-state index contributed by atoms with van der Waals surface area (Å²) in [6.07, 6.45) is 2.30. The van der Waals surface area contributed by atoms with Crippen molar-refractivity contribution in [3.8, 4) is 0 Å². The maximum absolute atomic E-state index is 6.18. The van der Waals surface area contributed by atoms with Crippen molar-refractivity contribution >= 4 is 11.6 Å². The van der Waals surface area contributed by atoms with Crippen molar-refractivity contribution in [1.82, 2.24) is 5.32 Å². The lowest BCUT2D eigenvalue weighted by molar-refractivity contribution is 0.181. The highest BCUT2D eigenvalue weighted by Crippen LogP contribution is 2.28. The Hall–Kier alpha value is -0.570. The van der Waals surface area contributed by atoms with Crippen LogP contribution in [0.1, 0.15) is 30.0 Å². The lowest BCUT2D eigenvalue weighted by Gasteiger charge is -2.20. The Bertz CT molecular complexity index is 374. The third-order valence-electron chi connectivity index (χ3n) is 3.54. The van der Waals surface area contributed by atoms with Crippen LogP contribution in [0, 0.1) is 12.8 Å². The fourth-order valence-corrected chi connectivity index (χ4v) is 2.54. The van der Waals surface area contributed by atoms with Gasteiger partial charge in [-0.2, -0.15) is 0 Å². The van der Waals surface area contributed by atoms with E-state index in [-0.39, 0.29) is 0 Å². The fourth-order valence-electron chi connectivity index (χ4n) is 2.35. The molecule has 3 heteroatoms. The van der Waals surface area contributed by atoms with Crippen LogP contribution in [0.15, 0.2) is 18.2 Å². The Kier molecular flexibility index (Phi) is 4.43. The summed E-state index contributed by atoms with van der Waals surface area (Å²) in [7, 11) is 2.01. The van der Waals surface area contributed by atoms with Crippen LogP contribution in [0.25, 0.3) is 0 Å². The maximum Gasteiger partial charge on any atom is 0.0495 e. The second kappa shape index (κ2) is 5.85. The van der Waals surface area contributed by atoms with Gasteiger partial charge in [-0.1, -0.05) is 23.7 Å². The molecule has 1 N–H and O–H groups in total. The van der Waals surface area contributed by atoms with E-state index in [0.717, 1.165) is 30.2 Å². The summed E-state index contributed by atoms with van der Waals surface area (Å²) >= 11 is 6.18. The van der Waals surface area contributed by atoms with E-state index >= 15 is 0 Å². The summed E-state index contributed by atoms with van der Waals surface area (Å²) < 4.78 is 5.43. The molecular formula is C14H20ClNO. The molecule has 1 aliphatic heterocycles. The highest BCUT2D eigenvalue weighted by atomic mass is 35.5. The molecule has 1 aromatic rings. The normalized spacial score (nSPS) is 21.7. The minimum absolute atomic E-state index is 0.375. The predicted octanol–water partition coefficient (Wildman–Crippen LogP) is 3.34. The number of nitrogens with one attached hydrogen (secondary N) is 1. The summed E-state index contributed by atoms with van der Waals surface area (Å²) in [5.74, 6) is 0.674. The number of halogens is 1. The van der Waals surface area contributed by atoms with Crippen LogP contribution in [0.3, 0.4) is 0 Å². The van der Waals surface area contributed by atoms with Crippen molar-refractivity contribution in [2.45, 2.75) is 25.8 Å². The molecule has 0 saturated carbocycles. The summed E-state index contributed by atoms with van der Waals surface area (Å²) in [6.45, 7) is 3.85. The highest BCUT2D eigenvalue weighted by molar-refractivity contribution is 6.31. The smallest absolute Gasteiger partial charge is 0.0495 e. The van der Waals surface area contributed by atoms with Gasteiger partial charge < -0.3 is 10.1 Å². The van der Waals surface area contributed by atoms with Gasteiger partial charge in [-0.3, -0.25) is 0 Å². The van der Waals surface area contributed by atoms with Crippen LogP contribution in [-0.2, 0) is 4.74 Å². The number of aryl methyl sites for hydroxylation is 1. The molecule has 1 saturated heterocycles. The van der Waals surface area contributed by atoms with E-state index in [0.29, 0.717) is 12.0 Å². The van der Waals surface area contributed by atoms with E-state index in [1.54, 1.807) is 0 Å². The average Bonchev–Trinajstić information content (AvgIpc) is 2.82. The topological polar surface area (TPSA) is 21.3 Å². The second-order valence-electron chi connectivity index (χ2n) is 4.82. The zero-order valence-electron chi connectivity index (χ0n) is 10.5. The molecule has 1 aliphatic rings. The van der Waals surface area contributed by atoms with E-state index in [2.05, 4.69) is 23.5 Å². The molecule has 0 spiro atoms. The third kappa shape index (κ3) is 3.21. The van der Waals surface area contributed by atoms with Crippen LogP contribution in [-0.4, -0.2) is 20.3 Å². The van der Waals surface area contributed by atoms with Gasteiger partial charge in [-0.05, 0) is 49.9 Å². The van der Waals surface area contributed by atoms with E-state index in [4.69, 9.17) is 16.3 Å². The lowest BCUT2D eigenvalue weighted by Crippen LogP contribution is -2.20. The van der Waals surface area contributed by atoms with Gasteiger partial charge >= 0.3 is 0 Å². The largest absolute Gasteiger partial charge is 0.381 e. The van der Waals surface area contributed by atoms with Crippen LogP contribution < -0.4 is 5.32 Å². The number of benzene rings is 1. The fraction of sp³-hybridized carbons (Fsp3) is 0.571. The number of ether oxygens (including phenoxy) is 1. The van der Waals surface area contributed by atoms with E-state index in [1.165, 1.54) is 12.0 Å². The molecule has 1 aromatic carbocycles. The first-order chi connectivity index (χ1) is 8.20. The van der Waals surface area contributed by atoms with Gasteiger partial charge in [0.25, 0.3) is 0 Å². The van der Waals surface area contributed by atoms with Crippen molar-refractivity contribution in [2.24, 2.45) is 5.92 Å². The second-order valence-corrected chi connectivity index (χ2v) is 5.22. The van der Waals surface area contributed by atoms with Crippen LogP contribution in [0.2, 0.25) is 5.02 Å². The van der Waals surface area contributed by atoms with Gasteiger partial charge in [0.1, 0.15) is 0 Å². The molecule has 2 nitrogen and oxygen atoms in total. The number of hydrogen-bond donors (Lipinski definition) is 1. The van der Waals surface area contributed by atoms with Gasteiger partial charge in [-0.15, -0.1) is 0 Å². The van der Waals surface area contributed by atoms with Crippen LogP contribution in [0.4, 0.5) is 0 Å². The predicted molar refractivity (Wildman–Crippen MR) is 71.5 cm³/mol. The third-order valence-corrected chi connectivity index (χ3v) is 3.95. The van der Waals surface area contributed by atoms with Gasteiger partial charge in [0.15, 0.2) is 0 Å². The van der Waals surface area contributed by atoms with Crippen LogP contribution in [0.5, 0.6) is 0 Å². The number of rotatable bonds is 4. The molecule has 2 atom stereocenters. The molecular weight excluding hydrogens is 234 g/mol. The van der Waals surface area contributed by atoms with Gasteiger partial charge in [0.05, 0.1) is 0 Å². The first kappa shape index (κ1) is 12.9. The van der Waals surface area contributed by atoms with Crippen molar-refractivity contribution in [3.63, 3.8) is 0 Å². The molecule has 0 amide bonds. The van der Waals surface area contributed by atoms with E-state index in [9.17, 15) is 0 Å². The Morgan fingerprint density at radius 3 is 2.94 bits per heavy atom. The molecule has 2 rings (SSSR count). The zero-order chi connectivity index (χ0) is 12.3. The first-order valence-electron chi connectivity index (χ1n) is 6.21. The monoisotopic (exact) mass is 253 g/mol. The Morgan fingerprint density at radius 1 is 1.53 bits per heavy atom. The average molecular weight is 254 g/mol. The summed E-state index contributed by atoms with van der Waals surface area (Å²) in [5, 5.41) is 4.23. The Balaban J connectivity index is 2.08. The van der Waals surface area contributed by atoms with E-state index < -0.39 is 0 Å². The van der Waals surface area contributed by atoms with Crippen molar-refractivity contribution < 1.29 is 4.74 Å². The highest BCUT2D eigenvalue weighted by Gasteiger charge is 2.21. The minimum atomic E-state index is 0.375. The van der Waals surface area contributed by atoms with Crippen molar-refractivity contribution in [1.29, 1.82) is 0 Å². The van der Waals surface area contributed by atoms with Crippen molar-refractivity contribution in [2.75, 3.05) is 20.3 Å². The molecule has 94 valence electrons. The standard InChI is InChI=1S/C14H20ClNO/c1-10-3-4-12(8-13(10)15)14(16-2)7-11-5-6-17-9-11/h3-4,8,11,14,16H,5-7,9H2,1-2H3. The van der Waals surface area contributed by atoms with Crippen LogP contribution >= 0.6 is 11.6 Å². The van der Waals surface area contributed by atoms with Gasteiger partial charge in [-0.25, -0.2) is 0 Å². The molecule has 0 aliphatic carbocycles. The zero-order valence-corrected chi connectivity index (χ0v) is 11.3. The molecule has 0 bridgehead atoms. The summed E-state index contributed by atoms with van der Waals surface area (Å²) in [4.78, 5) is 0. The minimum Gasteiger partial charge on any atom is -0.381 e. The van der Waals surface area contributed by atoms with E-state index in [1.807, 2.05) is 14.0 Å². The maximum atomic E-state index is 6.18. The SMILES string of the molecule is CNC(CC1CCOC1)c1ccc(C)c(Cl)c1. The first-order valence-corrected chi connectivity index (χ1v) is 6.59. The molecule has 17 heavy (non-hydrogen) atoms. The Labute approximate surface area is 108 Å². The summed E-state index contributed by atoms with van der Waals surface area (Å²) in [5.41, 5.74) is 2.41. The number of hydrogen-bond acceptors (Lipinski definition) is 2. The van der Waals surface area contributed by atoms with Crippen molar-refractivity contribution in [3.05, 3.63) is 34.3 Å². The molecule has 0 radical (unpaired) electrons. The molecule has 1 heterocycles. The lowest BCUT2D eigenvalue weighted by atomic mass is 9.94. The van der Waals surface area contributed by atoms with Gasteiger partial charge in [0.2, 0.25) is 0 Å². The molecule has 0 aromatic heterocycles. The van der Waals surface area contributed by atoms with Gasteiger partial charge in [0, 0.05) is 24.3 Å².